The standard InChI is InChI=1S/C18H20BrN3O/c1-12-10-13(7-8-21-12)18(20)15-11-14(19)5-6-16(15)22-17-4-2-3-9-23-17/h5-8,10-11,17,20,22H,2-4,9H2,1H3. The first kappa shape index (κ1) is 16.1. The SMILES string of the molecule is Cc1cc(C(=N)c2cc(Br)ccc2NC2CCCCO2)ccn1. The van der Waals surface area contributed by atoms with E-state index in [0.29, 0.717) is 5.71 Å². The second-order valence-electron chi connectivity index (χ2n) is 5.75. The van der Waals surface area contributed by atoms with Gasteiger partial charge in [0.2, 0.25) is 0 Å². The number of aromatic nitrogens is 1. The Labute approximate surface area is 144 Å². The van der Waals surface area contributed by atoms with Crippen LogP contribution in [0, 0.1) is 12.3 Å². The Morgan fingerprint density at radius 1 is 1.30 bits per heavy atom. The third-order valence-corrected chi connectivity index (χ3v) is 4.43. The molecule has 0 bridgehead atoms. The highest BCUT2D eigenvalue weighted by Gasteiger charge is 2.17. The molecule has 5 heteroatoms. The van der Waals surface area contributed by atoms with Crippen LogP contribution in [0.3, 0.4) is 0 Å². The molecule has 2 N–H and O–H groups in total. The molecular weight excluding hydrogens is 354 g/mol. The largest absolute Gasteiger partial charge is 0.360 e. The maximum atomic E-state index is 8.59. The summed E-state index contributed by atoms with van der Waals surface area (Å²) in [4.78, 5) is 4.21. The number of nitrogens with one attached hydrogen (secondary N) is 2. The molecule has 0 amide bonds. The van der Waals surface area contributed by atoms with Crippen molar-refractivity contribution >= 4 is 27.3 Å². The number of aryl methyl sites for hydroxylation is 1. The lowest BCUT2D eigenvalue weighted by Crippen LogP contribution is -2.28. The number of hydrogen-bond acceptors (Lipinski definition) is 4. The van der Waals surface area contributed by atoms with E-state index in [2.05, 4.69) is 26.2 Å². The van der Waals surface area contributed by atoms with Crippen molar-refractivity contribution in [2.24, 2.45) is 0 Å². The van der Waals surface area contributed by atoms with Crippen molar-refractivity contribution in [2.45, 2.75) is 32.4 Å². The van der Waals surface area contributed by atoms with E-state index < -0.39 is 0 Å². The first-order valence-electron chi connectivity index (χ1n) is 7.83. The van der Waals surface area contributed by atoms with E-state index in [1.165, 1.54) is 6.42 Å². The molecule has 3 rings (SSSR count). The number of rotatable bonds is 4. The molecule has 0 spiro atoms. The quantitative estimate of drug-likeness (QED) is 0.775. The molecule has 1 aromatic heterocycles. The van der Waals surface area contributed by atoms with Gasteiger partial charge in [0.1, 0.15) is 6.23 Å². The van der Waals surface area contributed by atoms with Crippen molar-refractivity contribution < 1.29 is 4.74 Å². The summed E-state index contributed by atoms with van der Waals surface area (Å²) in [6, 6.07) is 9.77. The summed E-state index contributed by atoms with van der Waals surface area (Å²) in [5.74, 6) is 0. The van der Waals surface area contributed by atoms with E-state index in [4.69, 9.17) is 10.1 Å². The Morgan fingerprint density at radius 3 is 2.91 bits per heavy atom. The monoisotopic (exact) mass is 373 g/mol. The van der Waals surface area contributed by atoms with Gasteiger partial charge in [-0.15, -0.1) is 0 Å². The zero-order valence-electron chi connectivity index (χ0n) is 13.1. The molecule has 23 heavy (non-hydrogen) atoms. The molecule has 2 heterocycles. The molecule has 1 unspecified atom stereocenters. The van der Waals surface area contributed by atoms with E-state index in [1.807, 2.05) is 37.3 Å². The van der Waals surface area contributed by atoms with Gasteiger partial charge in [-0.2, -0.15) is 0 Å². The van der Waals surface area contributed by atoms with E-state index in [1.54, 1.807) is 6.20 Å². The fraction of sp³-hybridized carbons (Fsp3) is 0.333. The molecule has 4 nitrogen and oxygen atoms in total. The highest BCUT2D eigenvalue weighted by Crippen LogP contribution is 2.26. The van der Waals surface area contributed by atoms with Crippen LogP contribution in [0.4, 0.5) is 5.69 Å². The first-order chi connectivity index (χ1) is 11.1. The zero-order chi connectivity index (χ0) is 16.2. The predicted molar refractivity (Wildman–Crippen MR) is 96.3 cm³/mol. The first-order valence-corrected chi connectivity index (χ1v) is 8.62. The van der Waals surface area contributed by atoms with Crippen molar-refractivity contribution in [3.8, 4) is 0 Å². The number of benzene rings is 1. The molecule has 1 fully saturated rings. The molecule has 1 aromatic carbocycles. The Kier molecular flexibility index (Phi) is 5.08. The molecule has 1 atom stereocenters. The van der Waals surface area contributed by atoms with E-state index in [9.17, 15) is 0 Å². The summed E-state index contributed by atoms with van der Waals surface area (Å²) in [7, 11) is 0. The molecule has 2 aromatic rings. The van der Waals surface area contributed by atoms with Gasteiger partial charge in [-0.3, -0.25) is 10.4 Å². The Hall–Kier alpha value is -1.72. The minimum atomic E-state index is 0.0238. The van der Waals surface area contributed by atoms with Crippen molar-refractivity contribution in [1.82, 2.24) is 4.98 Å². The van der Waals surface area contributed by atoms with Gasteiger partial charge in [0.05, 0.1) is 5.71 Å². The minimum Gasteiger partial charge on any atom is -0.360 e. The molecule has 0 radical (unpaired) electrons. The summed E-state index contributed by atoms with van der Waals surface area (Å²) in [6.45, 7) is 2.73. The van der Waals surface area contributed by atoms with Gasteiger partial charge >= 0.3 is 0 Å². The average Bonchev–Trinajstić information content (AvgIpc) is 2.57. The molecule has 1 aliphatic heterocycles. The van der Waals surface area contributed by atoms with Gasteiger partial charge in [0.15, 0.2) is 0 Å². The predicted octanol–water partition coefficient (Wildman–Crippen LogP) is 4.51. The second-order valence-corrected chi connectivity index (χ2v) is 6.67. The van der Waals surface area contributed by atoms with E-state index >= 15 is 0 Å². The average molecular weight is 374 g/mol. The summed E-state index contributed by atoms with van der Waals surface area (Å²) in [5.41, 5.74) is 4.05. The minimum absolute atomic E-state index is 0.0238. The van der Waals surface area contributed by atoms with Crippen LogP contribution in [-0.2, 0) is 4.74 Å². The van der Waals surface area contributed by atoms with Crippen molar-refractivity contribution in [2.75, 3.05) is 11.9 Å². The van der Waals surface area contributed by atoms with Crippen molar-refractivity contribution in [3.05, 3.63) is 57.8 Å². The normalized spacial score (nSPS) is 17.7. The Bertz CT molecular complexity index is 711. The van der Waals surface area contributed by atoms with Crippen LogP contribution in [0.5, 0.6) is 0 Å². The second kappa shape index (κ2) is 7.23. The van der Waals surface area contributed by atoms with Gasteiger partial charge in [-0.25, -0.2) is 0 Å². The maximum absolute atomic E-state index is 8.59. The molecule has 1 aliphatic rings. The fourth-order valence-electron chi connectivity index (χ4n) is 2.73. The van der Waals surface area contributed by atoms with Gasteiger partial charge in [0, 0.05) is 39.8 Å². The van der Waals surface area contributed by atoms with Gasteiger partial charge in [0.25, 0.3) is 0 Å². The lowest BCUT2D eigenvalue weighted by Gasteiger charge is -2.26. The van der Waals surface area contributed by atoms with E-state index in [-0.39, 0.29) is 6.23 Å². The van der Waals surface area contributed by atoms with Crippen LogP contribution in [0.1, 0.15) is 36.1 Å². The summed E-state index contributed by atoms with van der Waals surface area (Å²) < 4.78 is 6.72. The fourth-order valence-corrected chi connectivity index (χ4v) is 3.09. The zero-order valence-corrected chi connectivity index (χ0v) is 14.7. The van der Waals surface area contributed by atoms with Gasteiger partial charge in [-0.1, -0.05) is 15.9 Å². The Morgan fingerprint density at radius 2 is 2.17 bits per heavy atom. The van der Waals surface area contributed by atoms with Crippen molar-refractivity contribution in [3.63, 3.8) is 0 Å². The smallest absolute Gasteiger partial charge is 0.127 e. The topological polar surface area (TPSA) is 58.0 Å². The molecular formula is C18H20BrN3O. The lowest BCUT2D eigenvalue weighted by molar-refractivity contribution is 0.0343. The van der Waals surface area contributed by atoms with Crippen LogP contribution in [0.2, 0.25) is 0 Å². The highest BCUT2D eigenvalue weighted by atomic mass is 79.9. The van der Waals surface area contributed by atoms with Crippen molar-refractivity contribution in [1.29, 1.82) is 5.41 Å². The number of halogens is 1. The lowest BCUT2D eigenvalue weighted by atomic mass is 10.0. The number of hydrogen-bond donors (Lipinski definition) is 2. The third kappa shape index (κ3) is 3.98. The molecule has 0 saturated carbocycles. The van der Waals surface area contributed by atoms with Crippen LogP contribution < -0.4 is 5.32 Å². The molecule has 1 saturated heterocycles. The highest BCUT2D eigenvalue weighted by molar-refractivity contribution is 9.10. The van der Waals surface area contributed by atoms with Gasteiger partial charge in [-0.05, 0) is 56.5 Å². The summed E-state index contributed by atoms with van der Waals surface area (Å²) in [6.07, 6.45) is 5.06. The van der Waals surface area contributed by atoms with Crippen LogP contribution in [-0.4, -0.2) is 23.5 Å². The van der Waals surface area contributed by atoms with Gasteiger partial charge < -0.3 is 10.1 Å². The van der Waals surface area contributed by atoms with Crippen LogP contribution in [0.15, 0.2) is 41.0 Å². The third-order valence-electron chi connectivity index (χ3n) is 3.93. The Balaban J connectivity index is 1.90. The number of ether oxygens (including phenoxy) is 1. The van der Waals surface area contributed by atoms with E-state index in [0.717, 1.165) is 46.4 Å². The number of nitrogens with zero attached hydrogens (tertiary/aromatic N) is 1. The molecule has 0 aliphatic carbocycles. The number of pyridine rings is 1. The molecule has 120 valence electrons. The summed E-state index contributed by atoms with van der Waals surface area (Å²) >= 11 is 3.51. The maximum Gasteiger partial charge on any atom is 0.127 e. The number of anilines is 1. The van der Waals surface area contributed by atoms with Crippen LogP contribution in [0.25, 0.3) is 0 Å². The summed E-state index contributed by atoms with van der Waals surface area (Å²) in [5, 5.41) is 12.0. The van der Waals surface area contributed by atoms with Crippen LogP contribution >= 0.6 is 15.9 Å².